The van der Waals surface area contributed by atoms with Crippen LogP contribution < -0.4 is 5.32 Å². The first kappa shape index (κ1) is 15.4. The summed E-state index contributed by atoms with van der Waals surface area (Å²) < 4.78 is 26.9. The van der Waals surface area contributed by atoms with Gasteiger partial charge >= 0.3 is 5.97 Å². The average Bonchev–Trinajstić information content (AvgIpc) is 2.45. The van der Waals surface area contributed by atoms with Crippen LogP contribution in [0.15, 0.2) is 46.9 Å². The van der Waals surface area contributed by atoms with Crippen LogP contribution in [0.3, 0.4) is 0 Å². The van der Waals surface area contributed by atoms with Crippen LogP contribution in [-0.2, 0) is 4.79 Å². The fourth-order valence-electron chi connectivity index (χ4n) is 1.90. The van der Waals surface area contributed by atoms with Crippen LogP contribution in [0.1, 0.15) is 11.5 Å². The Morgan fingerprint density at radius 3 is 2.48 bits per heavy atom. The van der Waals surface area contributed by atoms with E-state index in [1.807, 2.05) is 0 Å². The third kappa shape index (κ3) is 3.78. The molecule has 2 rings (SSSR count). The molecule has 0 amide bonds. The van der Waals surface area contributed by atoms with E-state index in [4.69, 9.17) is 0 Å². The zero-order valence-corrected chi connectivity index (χ0v) is 12.4. The van der Waals surface area contributed by atoms with Crippen molar-refractivity contribution in [3.63, 3.8) is 0 Å². The Morgan fingerprint density at radius 1 is 1.19 bits per heavy atom. The quantitative estimate of drug-likeness (QED) is 0.796. The van der Waals surface area contributed by atoms with Crippen molar-refractivity contribution in [2.75, 3.05) is 11.9 Å². The molecule has 0 aliphatic rings. The topological polar surface area (TPSA) is 49.3 Å². The predicted molar refractivity (Wildman–Crippen MR) is 79.4 cm³/mol. The van der Waals surface area contributed by atoms with Gasteiger partial charge in [-0.1, -0.05) is 30.3 Å². The molecule has 2 aromatic carbocycles. The number of rotatable bonds is 5. The minimum absolute atomic E-state index is 0.00562. The minimum Gasteiger partial charge on any atom is -0.481 e. The monoisotopic (exact) mass is 355 g/mol. The smallest absolute Gasteiger partial charge is 0.312 e. The lowest BCUT2D eigenvalue weighted by atomic mass is 9.99. The van der Waals surface area contributed by atoms with E-state index in [2.05, 4.69) is 21.2 Å². The number of hydrogen-bond donors (Lipinski definition) is 2. The van der Waals surface area contributed by atoms with Crippen LogP contribution in [0, 0.1) is 11.6 Å². The van der Waals surface area contributed by atoms with Gasteiger partial charge in [-0.25, -0.2) is 8.78 Å². The second-order valence-electron chi connectivity index (χ2n) is 4.43. The molecular formula is C15H12BrF2NO2. The molecule has 0 aliphatic heterocycles. The molecule has 0 fully saturated rings. The summed E-state index contributed by atoms with van der Waals surface area (Å²) in [5.74, 6) is -3.33. The predicted octanol–water partition coefficient (Wildman–Crippen LogP) is 4.01. The van der Waals surface area contributed by atoms with Gasteiger partial charge in [-0.2, -0.15) is 0 Å². The van der Waals surface area contributed by atoms with E-state index >= 15 is 0 Å². The molecule has 0 spiro atoms. The van der Waals surface area contributed by atoms with Gasteiger partial charge in [0.1, 0.15) is 11.6 Å². The van der Waals surface area contributed by atoms with E-state index in [1.54, 1.807) is 30.3 Å². The molecular weight excluding hydrogens is 344 g/mol. The van der Waals surface area contributed by atoms with E-state index < -0.39 is 23.5 Å². The van der Waals surface area contributed by atoms with Gasteiger partial charge in [0.05, 0.1) is 16.1 Å². The third-order valence-electron chi connectivity index (χ3n) is 3.01. The highest BCUT2D eigenvalue weighted by atomic mass is 79.9. The number of benzene rings is 2. The fraction of sp³-hybridized carbons (Fsp3) is 0.133. The van der Waals surface area contributed by atoms with E-state index in [0.29, 0.717) is 5.56 Å². The summed E-state index contributed by atoms with van der Waals surface area (Å²) in [6.45, 7) is -0.00562. The van der Waals surface area contributed by atoms with Crippen molar-refractivity contribution in [1.29, 1.82) is 0 Å². The number of hydrogen-bond acceptors (Lipinski definition) is 2. The molecule has 1 atom stereocenters. The first-order valence-corrected chi connectivity index (χ1v) is 6.94. The summed E-state index contributed by atoms with van der Waals surface area (Å²) in [4.78, 5) is 11.3. The standard InChI is InChI=1S/C15H12BrF2NO2/c16-11-6-14(13(18)7-12(11)17)19-8-10(15(20)21)9-4-2-1-3-5-9/h1-7,10,19H,8H2,(H,20,21). The Balaban J connectivity index is 2.17. The molecule has 3 nitrogen and oxygen atoms in total. The molecule has 0 heterocycles. The number of carboxylic acids is 1. The number of anilines is 1. The normalized spacial score (nSPS) is 12.0. The second kappa shape index (κ2) is 6.67. The van der Waals surface area contributed by atoms with Crippen LogP contribution in [0.25, 0.3) is 0 Å². The van der Waals surface area contributed by atoms with E-state index in [1.165, 1.54) is 6.07 Å². The van der Waals surface area contributed by atoms with E-state index in [9.17, 15) is 18.7 Å². The van der Waals surface area contributed by atoms with E-state index in [-0.39, 0.29) is 16.7 Å². The first-order valence-electron chi connectivity index (χ1n) is 6.15. The van der Waals surface area contributed by atoms with Crippen molar-refractivity contribution in [2.24, 2.45) is 0 Å². The van der Waals surface area contributed by atoms with Crippen LogP contribution in [-0.4, -0.2) is 17.6 Å². The molecule has 6 heteroatoms. The van der Waals surface area contributed by atoms with Gasteiger partial charge in [0.2, 0.25) is 0 Å². The lowest BCUT2D eigenvalue weighted by molar-refractivity contribution is -0.138. The second-order valence-corrected chi connectivity index (χ2v) is 5.28. The van der Waals surface area contributed by atoms with Crippen LogP contribution in [0.5, 0.6) is 0 Å². The molecule has 2 aromatic rings. The molecule has 0 radical (unpaired) electrons. The van der Waals surface area contributed by atoms with E-state index in [0.717, 1.165) is 6.07 Å². The Bertz CT molecular complexity index is 650. The van der Waals surface area contributed by atoms with Crippen molar-refractivity contribution in [3.05, 3.63) is 64.1 Å². The molecule has 1 unspecified atom stereocenters. The van der Waals surface area contributed by atoms with Crippen LogP contribution in [0.4, 0.5) is 14.5 Å². The highest BCUT2D eigenvalue weighted by Gasteiger charge is 2.20. The SMILES string of the molecule is O=C(O)C(CNc1cc(Br)c(F)cc1F)c1ccccc1. The Morgan fingerprint density at radius 2 is 1.86 bits per heavy atom. The number of aliphatic carboxylic acids is 1. The number of halogens is 3. The maximum Gasteiger partial charge on any atom is 0.312 e. The molecule has 110 valence electrons. The molecule has 2 N–H and O–H groups in total. The highest BCUT2D eigenvalue weighted by Crippen LogP contribution is 2.25. The van der Waals surface area contributed by atoms with Crippen LogP contribution >= 0.6 is 15.9 Å². The molecule has 0 saturated carbocycles. The molecule has 21 heavy (non-hydrogen) atoms. The Hall–Kier alpha value is -1.95. The van der Waals surface area contributed by atoms with Gasteiger partial charge in [-0.05, 0) is 27.6 Å². The van der Waals surface area contributed by atoms with Crippen molar-refractivity contribution in [2.45, 2.75) is 5.92 Å². The van der Waals surface area contributed by atoms with Gasteiger partial charge in [0.25, 0.3) is 0 Å². The van der Waals surface area contributed by atoms with Gasteiger partial charge in [-0.3, -0.25) is 4.79 Å². The third-order valence-corrected chi connectivity index (χ3v) is 3.61. The Kier molecular flexibility index (Phi) is 4.90. The summed E-state index contributed by atoms with van der Waals surface area (Å²) in [5.41, 5.74) is 0.657. The maximum atomic E-state index is 13.6. The molecule has 0 saturated heterocycles. The summed E-state index contributed by atoms with van der Waals surface area (Å²) in [5, 5.41) is 12.0. The lowest BCUT2D eigenvalue weighted by Gasteiger charge is -2.15. The average molecular weight is 356 g/mol. The van der Waals surface area contributed by atoms with Gasteiger partial charge in [-0.15, -0.1) is 0 Å². The molecule has 0 aromatic heterocycles. The van der Waals surface area contributed by atoms with Gasteiger partial charge in [0.15, 0.2) is 0 Å². The summed E-state index contributed by atoms with van der Waals surface area (Å²) in [6, 6.07) is 10.6. The zero-order valence-electron chi connectivity index (χ0n) is 10.8. The van der Waals surface area contributed by atoms with Crippen molar-refractivity contribution < 1.29 is 18.7 Å². The summed E-state index contributed by atoms with van der Waals surface area (Å²) in [7, 11) is 0. The number of carboxylic acid groups (broad SMARTS) is 1. The zero-order chi connectivity index (χ0) is 15.4. The number of carbonyl (C=O) groups is 1. The van der Waals surface area contributed by atoms with Gasteiger partial charge in [0, 0.05) is 12.6 Å². The summed E-state index contributed by atoms with van der Waals surface area (Å²) in [6.07, 6.45) is 0. The largest absolute Gasteiger partial charge is 0.481 e. The van der Waals surface area contributed by atoms with Crippen LogP contribution in [0.2, 0.25) is 0 Å². The molecule has 0 aliphatic carbocycles. The Labute approximate surface area is 128 Å². The van der Waals surface area contributed by atoms with Crippen molar-refractivity contribution in [1.82, 2.24) is 0 Å². The summed E-state index contributed by atoms with van der Waals surface area (Å²) >= 11 is 2.96. The minimum atomic E-state index is -1.02. The first-order chi connectivity index (χ1) is 9.99. The lowest BCUT2D eigenvalue weighted by Crippen LogP contribution is -2.21. The van der Waals surface area contributed by atoms with Crippen molar-refractivity contribution >= 4 is 27.6 Å². The molecule has 0 bridgehead atoms. The maximum absolute atomic E-state index is 13.6. The van der Waals surface area contributed by atoms with Crippen molar-refractivity contribution in [3.8, 4) is 0 Å². The van der Waals surface area contributed by atoms with Gasteiger partial charge < -0.3 is 10.4 Å². The fourth-order valence-corrected chi connectivity index (χ4v) is 2.25. The number of nitrogens with one attached hydrogen (secondary N) is 1. The highest BCUT2D eigenvalue weighted by molar-refractivity contribution is 9.10.